The number of halogens is 1. The van der Waals surface area contributed by atoms with Crippen LogP contribution in [0.4, 0.5) is 0 Å². The molecule has 0 aliphatic carbocycles. The van der Waals surface area contributed by atoms with Gasteiger partial charge in [0.1, 0.15) is 0 Å². The Balaban J connectivity index is 2.62. The second kappa shape index (κ2) is 5.67. The van der Waals surface area contributed by atoms with Crippen LogP contribution < -0.4 is 5.32 Å². The Morgan fingerprint density at radius 1 is 1.41 bits per heavy atom. The van der Waals surface area contributed by atoms with Gasteiger partial charge in [0.05, 0.1) is 0 Å². The van der Waals surface area contributed by atoms with Gasteiger partial charge in [-0.05, 0) is 29.5 Å². The number of amides is 1. The number of rotatable bonds is 4. The molecule has 0 heterocycles. The van der Waals surface area contributed by atoms with Crippen molar-refractivity contribution in [1.82, 2.24) is 5.32 Å². The summed E-state index contributed by atoms with van der Waals surface area (Å²) in [6.45, 7) is 9.37. The van der Waals surface area contributed by atoms with E-state index in [2.05, 4.69) is 48.9 Å². The molecule has 0 fully saturated rings. The van der Waals surface area contributed by atoms with Gasteiger partial charge < -0.3 is 5.32 Å². The van der Waals surface area contributed by atoms with Gasteiger partial charge in [-0.15, -0.1) is 0 Å². The fourth-order valence-corrected chi connectivity index (χ4v) is 1.64. The number of hydrogen-bond donors (Lipinski definition) is 1. The Morgan fingerprint density at radius 3 is 2.59 bits per heavy atom. The van der Waals surface area contributed by atoms with Crippen molar-refractivity contribution in [2.24, 2.45) is 11.3 Å². The fourth-order valence-electron chi connectivity index (χ4n) is 1.24. The van der Waals surface area contributed by atoms with Crippen molar-refractivity contribution in [2.45, 2.75) is 27.7 Å². The van der Waals surface area contributed by atoms with Gasteiger partial charge in [-0.1, -0.05) is 49.7 Å². The van der Waals surface area contributed by atoms with Crippen LogP contribution in [0, 0.1) is 11.3 Å². The minimum absolute atomic E-state index is 0.0139. The summed E-state index contributed by atoms with van der Waals surface area (Å²) in [5.74, 6) is 0.519. The highest BCUT2D eigenvalue weighted by atomic mass is 79.9. The maximum absolute atomic E-state index is 11.9. The standard InChI is InChI=1S/C14H20BrNO/c1-10(2)14(3,4)9-16-13(17)11-6-5-7-12(15)8-11/h5-8,10H,9H2,1-4H3,(H,16,17). The van der Waals surface area contributed by atoms with Crippen LogP contribution in [-0.2, 0) is 0 Å². The van der Waals surface area contributed by atoms with Gasteiger partial charge in [0, 0.05) is 16.6 Å². The summed E-state index contributed by atoms with van der Waals surface area (Å²) in [5.41, 5.74) is 0.806. The summed E-state index contributed by atoms with van der Waals surface area (Å²) < 4.78 is 0.924. The van der Waals surface area contributed by atoms with Crippen LogP contribution in [0.2, 0.25) is 0 Å². The monoisotopic (exact) mass is 297 g/mol. The number of carbonyl (C=O) groups excluding carboxylic acids is 1. The molecule has 1 amide bonds. The largest absolute Gasteiger partial charge is 0.351 e. The predicted octanol–water partition coefficient (Wildman–Crippen LogP) is 3.86. The lowest BCUT2D eigenvalue weighted by Crippen LogP contribution is -2.36. The maximum Gasteiger partial charge on any atom is 0.251 e. The number of hydrogen-bond acceptors (Lipinski definition) is 1. The van der Waals surface area contributed by atoms with Crippen molar-refractivity contribution in [3.05, 3.63) is 34.3 Å². The minimum Gasteiger partial charge on any atom is -0.351 e. The van der Waals surface area contributed by atoms with E-state index in [0.29, 0.717) is 18.0 Å². The molecule has 1 N–H and O–H groups in total. The van der Waals surface area contributed by atoms with E-state index in [4.69, 9.17) is 0 Å². The normalized spacial score (nSPS) is 11.6. The Hall–Kier alpha value is -0.830. The highest BCUT2D eigenvalue weighted by Gasteiger charge is 2.23. The Bertz CT molecular complexity index is 399. The van der Waals surface area contributed by atoms with Gasteiger partial charge >= 0.3 is 0 Å². The number of nitrogens with one attached hydrogen (secondary N) is 1. The van der Waals surface area contributed by atoms with Gasteiger partial charge in [-0.25, -0.2) is 0 Å². The van der Waals surface area contributed by atoms with E-state index in [1.165, 1.54) is 0 Å². The molecule has 0 spiro atoms. The first-order valence-corrected chi connectivity index (χ1v) is 6.66. The molecular formula is C14H20BrNO. The SMILES string of the molecule is CC(C)C(C)(C)CNC(=O)c1cccc(Br)c1. The molecule has 0 aromatic heterocycles. The maximum atomic E-state index is 11.9. The van der Waals surface area contributed by atoms with Crippen molar-refractivity contribution in [2.75, 3.05) is 6.54 Å². The highest BCUT2D eigenvalue weighted by molar-refractivity contribution is 9.10. The Morgan fingerprint density at radius 2 is 2.06 bits per heavy atom. The van der Waals surface area contributed by atoms with Gasteiger partial charge in [-0.3, -0.25) is 4.79 Å². The highest BCUT2D eigenvalue weighted by Crippen LogP contribution is 2.24. The summed E-state index contributed by atoms with van der Waals surface area (Å²) in [5, 5.41) is 2.99. The van der Waals surface area contributed by atoms with E-state index in [0.717, 1.165) is 4.47 Å². The molecule has 1 aromatic carbocycles. The zero-order valence-corrected chi connectivity index (χ0v) is 12.5. The molecule has 0 bridgehead atoms. The lowest BCUT2D eigenvalue weighted by atomic mass is 9.81. The zero-order valence-electron chi connectivity index (χ0n) is 10.9. The molecule has 17 heavy (non-hydrogen) atoms. The van der Waals surface area contributed by atoms with Gasteiger partial charge in [0.15, 0.2) is 0 Å². The second-order valence-electron chi connectivity index (χ2n) is 5.34. The zero-order chi connectivity index (χ0) is 13.1. The molecule has 0 unspecified atom stereocenters. The molecule has 0 radical (unpaired) electrons. The molecule has 0 atom stereocenters. The van der Waals surface area contributed by atoms with Crippen LogP contribution in [0.25, 0.3) is 0 Å². The third-order valence-corrected chi connectivity index (χ3v) is 3.85. The van der Waals surface area contributed by atoms with Crippen LogP contribution in [0.1, 0.15) is 38.1 Å². The molecule has 3 heteroatoms. The van der Waals surface area contributed by atoms with Crippen molar-refractivity contribution in [3.63, 3.8) is 0 Å². The first-order valence-electron chi connectivity index (χ1n) is 5.86. The van der Waals surface area contributed by atoms with E-state index >= 15 is 0 Å². The van der Waals surface area contributed by atoms with Crippen molar-refractivity contribution >= 4 is 21.8 Å². The van der Waals surface area contributed by atoms with E-state index < -0.39 is 0 Å². The molecule has 0 saturated carbocycles. The first kappa shape index (κ1) is 14.2. The molecular weight excluding hydrogens is 278 g/mol. The summed E-state index contributed by atoms with van der Waals surface area (Å²) in [6.07, 6.45) is 0. The summed E-state index contributed by atoms with van der Waals surface area (Å²) in [6, 6.07) is 7.43. The van der Waals surface area contributed by atoms with Crippen LogP contribution in [-0.4, -0.2) is 12.5 Å². The topological polar surface area (TPSA) is 29.1 Å². The fraction of sp³-hybridized carbons (Fsp3) is 0.500. The third kappa shape index (κ3) is 4.15. The second-order valence-corrected chi connectivity index (χ2v) is 6.25. The van der Waals surface area contributed by atoms with Crippen LogP contribution in [0.5, 0.6) is 0 Å². The number of carbonyl (C=O) groups is 1. The van der Waals surface area contributed by atoms with Crippen LogP contribution in [0.15, 0.2) is 28.7 Å². The van der Waals surface area contributed by atoms with E-state index in [9.17, 15) is 4.79 Å². The number of benzene rings is 1. The first-order chi connectivity index (χ1) is 7.83. The molecule has 1 aromatic rings. The summed E-state index contributed by atoms with van der Waals surface area (Å²) in [7, 11) is 0. The van der Waals surface area contributed by atoms with Crippen LogP contribution in [0.3, 0.4) is 0 Å². The molecule has 1 rings (SSSR count). The van der Waals surface area contributed by atoms with Crippen molar-refractivity contribution in [1.29, 1.82) is 0 Å². The third-order valence-electron chi connectivity index (χ3n) is 3.35. The smallest absolute Gasteiger partial charge is 0.251 e. The Kier molecular flexibility index (Phi) is 4.75. The summed E-state index contributed by atoms with van der Waals surface area (Å²) >= 11 is 3.36. The van der Waals surface area contributed by atoms with Crippen molar-refractivity contribution < 1.29 is 4.79 Å². The summed E-state index contributed by atoms with van der Waals surface area (Å²) in [4.78, 5) is 11.9. The van der Waals surface area contributed by atoms with Gasteiger partial charge in [0.2, 0.25) is 0 Å². The van der Waals surface area contributed by atoms with Gasteiger partial charge in [-0.2, -0.15) is 0 Å². The predicted molar refractivity (Wildman–Crippen MR) is 75.1 cm³/mol. The van der Waals surface area contributed by atoms with Crippen molar-refractivity contribution in [3.8, 4) is 0 Å². The van der Waals surface area contributed by atoms with E-state index in [1.807, 2.05) is 24.3 Å². The lowest BCUT2D eigenvalue weighted by molar-refractivity contribution is 0.0924. The average Bonchev–Trinajstić information content (AvgIpc) is 2.25. The minimum atomic E-state index is -0.0139. The van der Waals surface area contributed by atoms with E-state index in [1.54, 1.807) is 0 Å². The molecule has 94 valence electrons. The molecule has 0 saturated heterocycles. The quantitative estimate of drug-likeness (QED) is 0.898. The van der Waals surface area contributed by atoms with E-state index in [-0.39, 0.29) is 11.3 Å². The van der Waals surface area contributed by atoms with Crippen LogP contribution >= 0.6 is 15.9 Å². The lowest BCUT2D eigenvalue weighted by Gasteiger charge is -2.29. The average molecular weight is 298 g/mol. The molecule has 0 aliphatic heterocycles. The van der Waals surface area contributed by atoms with Gasteiger partial charge in [0.25, 0.3) is 5.91 Å². The molecule has 2 nitrogen and oxygen atoms in total. The molecule has 0 aliphatic rings. The Labute approximate surface area is 112 Å².